The van der Waals surface area contributed by atoms with E-state index in [1.54, 1.807) is 7.11 Å². The first-order chi connectivity index (χ1) is 12.3. The number of hydrogen-bond donors (Lipinski definition) is 2. The number of nitrogens with one attached hydrogen (secondary N) is 2. The molecule has 26 heavy (non-hydrogen) atoms. The van der Waals surface area contributed by atoms with E-state index >= 15 is 0 Å². The third-order valence-corrected chi connectivity index (χ3v) is 6.72. The lowest BCUT2D eigenvalue weighted by atomic mass is 10.2. The molecule has 1 heterocycles. The van der Waals surface area contributed by atoms with Crippen LogP contribution >= 0.6 is 12.2 Å². The highest BCUT2D eigenvalue weighted by molar-refractivity contribution is 7.91. The van der Waals surface area contributed by atoms with Crippen molar-refractivity contribution in [3.63, 3.8) is 0 Å². The molecule has 0 aromatic heterocycles. The topological polar surface area (TPSA) is 63.1 Å². The quantitative estimate of drug-likeness (QED) is 0.604. The zero-order valence-electron chi connectivity index (χ0n) is 15.8. The predicted octanol–water partition coefficient (Wildman–Crippen LogP) is 0.0934. The van der Waals surface area contributed by atoms with E-state index in [0.717, 1.165) is 30.8 Å². The van der Waals surface area contributed by atoms with Crippen LogP contribution in [0.3, 0.4) is 0 Å². The van der Waals surface area contributed by atoms with Crippen molar-refractivity contribution in [2.45, 2.75) is 25.4 Å². The molecule has 0 amide bonds. The number of thiocarbonyl (C=S) groups is 1. The fraction of sp³-hybridized carbons (Fsp3) is 0.611. The van der Waals surface area contributed by atoms with Crippen LogP contribution in [0.25, 0.3) is 0 Å². The number of quaternary nitrogens is 1. The van der Waals surface area contributed by atoms with Gasteiger partial charge in [-0.15, -0.1) is 0 Å². The summed E-state index contributed by atoms with van der Waals surface area (Å²) in [5.41, 5.74) is 1.10. The second kappa shape index (κ2) is 9.53. The molecular formula is C18H30N3O3S2+. The Hall–Kier alpha value is -1.38. The molecule has 0 aliphatic carbocycles. The number of methoxy groups -OCH3 is 1. The summed E-state index contributed by atoms with van der Waals surface area (Å²) in [4.78, 5) is 3.45. The lowest BCUT2D eigenvalue weighted by molar-refractivity contribution is -0.858. The molecule has 0 saturated carbocycles. The zero-order chi connectivity index (χ0) is 19.2. The van der Waals surface area contributed by atoms with Crippen molar-refractivity contribution in [2.75, 3.05) is 45.8 Å². The molecule has 1 fully saturated rings. The van der Waals surface area contributed by atoms with Crippen LogP contribution < -0.4 is 15.0 Å². The number of rotatable bonds is 8. The van der Waals surface area contributed by atoms with Gasteiger partial charge in [0.25, 0.3) is 0 Å². The lowest BCUT2D eigenvalue weighted by Gasteiger charge is -2.31. The fourth-order valence-electron chi connectivity index (χ4n) is 3.10. The molecule has 0 bridgehead atoms. The number of sulfone groups is 1. The Morgan fingerprint density at radius 1 is 1.35 bits per heavy atom. The van der Waals surface area contributed by atoms with E-state index in [2.05, 4.69) is 24.3 Å². The Labute approximate surface area is 162 Å². The SMILES string of the molecule is COc1ccc(CNC(=S)N(CCC[NH+](C)C)[C@@H]2CCS(=O)(=O)C2)cc1. The molecule has 1 aromatic carbocycles. The molecule has 1 aliphatic rings. The van der Waals surface area contributed by atoms with Gasteiger partial charge in [0.2, 0.25) is 0 Å². The van der Waals surface area contributed by atoms with Crippen molar-refractivity contribution in [1.82, 2.24) is 10.2 Å². The maximum Gasteiger partial charge on any atom is 0.169 e. The summed E-state index contributed by atoms with van der Waals surface area (Å²) < 4.78 is 28.9. The predicted molar refractivity (Wildman–Crippen MR) is 108 cm³/mol. The van der Waals surface area contributed by atoms with Gasteiger partial charge in [-0.1, -0.05) is 12.1 Å². The molecule has 0 spiro atoms. The molecule has 146 valence electrons. The molecule has 2 rings (SSSR count). The van der Waals surface area contributed by atoms with Gasteiger partial charge in [0, 0.05) is 25.6 Å². The van der Waals surface area contributed by atoms with Crippen LogP contribution in [0.2, 0.25) is 0 Å². The van der Waals surface area contributed by atoms with Crippen LogP contribution in [-0.2, 0) is 16.4 Å². The summed E-state index contributed by atoms with van der Waals surface area (Å²) in [6.45, 7) is 2.41. The Kier molecular flexibility index (Phi) is 7.67. The molecule has 8 heteroatoms. The third-order valence-electron chi connectivity index (χ3n) is 4.59. The van der Waals surface area contributed by atoms with Gasteiger partial charge in [-0.2, -0.15) is 0 Å². The van der Waals surface area contributed by atoms with Crippen LogP contribution in [0.4, 0.5) is 0 Å². The normalized spacial score (nSPS) is 18.7. The average Bonchev–Trinajstić information content (AvgIpc) is 2.96. The first-order valence-corrected chi connectivity index (χ1v) is 11.2. The number of ether oxygens (including phenoxy) is 1. The van der Waals surface area contributed by atoms with Gasteiger partial charge in [-0.25, -0.2) is 8.42 Å². The van der Waals surface area contributed by atoms with Crippen molar-refractivity contribution in [3.8, 4) is 5.75 Å². The highest BCUT2D eigenvalue weighted by Crippen LogP contribution is 2.18. The van der Waals surface area contributed by atoms with Gasteiger partial charge in [0.1, 0.15) is 5.75 Å². The van der Waals surface area contributed by atoms with E-state index in [-0.39, 0.29) is 17.5 Å². The number of benzene rings is 1. The van der Waals surface area contributed by atoms with Crippen molar-refractivity contribution in [2.24, 2.45) is 0 Å². The third kappa shape index (κ3) is 6.41. The summed E-state index contributed by atoms with van der Waals surface area (Å²) in [5, 5.41) is 3.93. The largest absolute Gasteiger partial charge is 0.497 e. The van der Waals surface area contributed by atoms with Crippen LogP contribution in [-0.4, -0.2) is 70.3 Å². The molecule has 1 aromatic rings. The first-order valence-electron chi connectivity index (χ1n) is 8.97. The van der Waals surface area contributed by atoms with Gasteiger partial charge >= 0.3 is 0 Å². The summed E-state index contributed by atoms with van der Waals surface area (Å²) in [5.74, 6) is 1.28. The van der Waals surface area contributed by atoms with Crippen LogP contribution in [0, 0.1) is 0 Å². The smallest absolute Gasteiger partial charge is 0.169 e. The monoisotopic (exact) mass is 400 g/mol. The summed E-state index contributed by atoms with van der Waals surface area (Å²) in [6.07, 6.45) is 1.63. The Bertz CT molecular complexity index is 690. The maximum atomic E-state index is 11.9. The molecule has 2 N–H and O–H groups in total. The molecular weight excluding hydrogens is 370 g/mol. The van der Waals surface area contributed by atoms with E-state index in [9.17, 15) is 8.42 Å². The second-order valence-corrected chi connectivity index (χ2v) is 9.68. The zero-order valence-corrected chi connectivity index (χ0v) is 17.5. The highest BCUT2D eigenvalue weighted by atomic mass is 32.2. The molecule has 6 nitrogen and oxygen atoms in total. The maximum absolute atomic E-state index is 11.9. The number of hydrogen-bond acceptors (Lipinski definition) is 4. The minimum absolute atomic E-state index is 0.0203. The van der Waals surface area contributed by atoms with Gasteiger partial charge < -0.3 is 19.9 Å². The van der Waals surface area contributed by atoms with Crippen molar-refractivity contribution < 1.29 is 18.1 Å². The van der Waals surface area contributed by atoms with Crippen molar-refractivity contribution in [1.29, 1.82) is 0 Å². The first kappa shape index (κ1) is 20.9. The van der Waals surface area contributed by atoms with Gasteiger partial charge in [-0.05, 0) is 36.3 Å². The van der Waals surface area contributed by atoms with E-state index < -0.39 is 9.84 Å². The lowest BCUT2D eigenvalue weighted by Crippen LogP contribution is -3.05. The van der Waals surface area contributed by atoms with Crippen molar-refractivity contribution >= 4 is 27.2 Å². The molecule has 1 aliphatic heterocycles. The minimum atomic E-state index is -2.94. The van der Waals surface area contributed by atoms with E-state index in [1.807, 2.05) is 24.3 Å². The van der Waals surface area contributed by atoms with E-state index in [4.69, 9.17) is 17.0 Å². The van der Waals surface area contributed by atoms with E-state index in [1.165, 1.54) is 4.90 Å². The van der Waals surface area contributed by atoms with Crippen LogP contribution in [0.1, 0.15) is 18.4 Å². The van der Waals surface area contributed by atoms with Gasteiger partial charge in [0.15, 0.2) is 14.9 Å². The second-order valence-electron chi connectivity index (χ2n) is 7.07. The van der Waals surface area contributed by atoms with E-state index in [0.29, 0.717) is 18.1 Å². The van der Waals surface area contributed by atoms with Gasteiger partial charge in [-0.3, -0.25) is 0 Å². The number of nitrogens with zero attached hydrogens (tertiary/aromatic N) is 1. The van der Waals surface area contributed by atoms with Crippen molar-refractivity contribution in [3.05, 3.63) is 29.8 Å². The molecule has 0 radical (unpaired) electrons. The molecule has 0 unspecified atom stereocenters. The Morgan fingerprint density at radius 3 is 2.58 bits per heavy atom. The molecule has 1 atom stereocenters. The fourth-order valence-corrected chi connectivity index (χ4v) is 5.14. The molecule has 1 saturated heterocycles. The van der Waals surface area contributed by atoms with Gasteiger partial charge in [0.05, 0.1) is 39.3 Å². The standard InChI is InChI=1S/C18H29N3O3S2/c1-20(2)10-4-11-21(16-9-12-26(22,23)14-16)18(25)19-13-15-5-7-17(24-3)8-6-15/h5-8,16H,4,9-14H2,1-3H3,(H,19,25)/p+1/t16-/m1/s1. The minimum Gasteiger partial charge on any atom is -0.497 e. The van der Waals surface area contributed by atoms with Crippen LogP contribution in [0.15, 0.2) is 24.3 Å². The Morgan fingerprint density at radius 2 is 2.04 bits per heavy atom. The summed E-state index contributed by atoms with van der Waals surface area (Å²) in [7, 11) is 2.94. The Balaban J connectivity index is 1.96. The summed E-state index contributed by atoms with van der Waals surface area (Å²) >= 11 is 5.60. The highest BCUT2D eigenvalue weighted by Gasteiger charge is 2.33. The summed E-state index contributed by atoms with van der Waals surface area (Å²) in [6, 6.07) is 7.80. The average molecular weight is 401 g/mol. The van der Waals surface area contributed by atoms with Crippen LogP contribution in [0.5, 0.6) is 5.75 Å².